The van der Waals surface area contributed by atoms with Crippen LogP contribution < -0.4 is 5.32 Å². The molecule has 1 aliphatic carbocycles. The number of aliphatic hydroxyl groups is 1. The maximum Gasteiger partial charge on any atom is 0.0635 e. The van der Waals surface area contributed by atoms with Crippen molar-refractivity contribution in [2.45, 2.75) is 38.6 Å². The molecular weight excluding hydrogens is 198 g/mol. The van der Waals surface area contributed by atoms with Crippen LogP contribution in [-0.2, 0) is 0 Å². The molecule has 88 valence electrons. The zero-order valence-corrected chi connectivity index (χ0v) is 9.95. The fourth-order valence-corrected chi connectivity index (χ4v) is 2.54. The molecule has 0 radical (unpaired) electrons. The van der Waals surface area contributed by atoms with Crippen molar-refractivity contribution in [2.24, 2.45) is 5.92 Å². The van der Waals surface area contributed by atoms with E-state index < -0.39 is 0 Å². The lowest BCUT2D eigenvalue weighted by Crippen LogP contribution is -2.31. The van der Waals surface area contributed by atoms with Crippen LogP contribution in [-0.4, -0.2) is 17.8 Å². The fraction of sp³-hybridized carbons (Fsp3) is 0.571. The molecule has 0 heterocycles. The Morgan fingerprint density at radius 2 is 1.88 bits per heavy atom. The summed E-state index contributed by atoms with van der Waals surface area (Å²) < 4.78 is 0. The van der Waals surface area contributed by atoms with Crippen LogP contribution >= 0.6 is 0 Å². The quantitative estimate of drug-likeness (QED) is 0.816. The molecular formula is C14H21NO. The summed E-state index contributed by atoms with van der Waals surface area (Å²) in [4.78, 5) is 0. The van der Waals surface area contributed by atoms with Crippen molar-refractivity contribution in [3.8, 4) is 0 Å². The third-order valence-electron chi connectivity index (χ3n) is 3.57. The van der Waals surface area contributed by atoms with Crippen LogP contribution in [0, 0.1) is 12.8 Å². The average Bonchev–Trinajstić information content (AvgIpc) is 2.82. The predicted molar refractivity (Wildman–Crippen MR) is 67.6 cm³/mol. The van der Waals surface area contributed by atoms with E-state index in [0.29, 0.717) is 5.92 Å². The van der Waals surface area contributed by atoms with Crippen molar-refractivity contribution in [1.82, 2.24) is 0 Å². The lowest BCUT2D eigenvalue weighted by atomic mass is 9.98. The van der Waals surface area contributed by atoms with E-state index in [2.05, 4.69) is 36.5 Å². The van der Waals surface area contributed by atoms with Gasteiger partial charge in [0.1, 0.15) is 0 Å². The predicted octanol–water partition coefficient (Wildman–Crippen LogP) is 2.96. The summed E-state index contributed by atoms with van der Waals surface area (Å²) in [6.45, 7) is 2.32. The molecule has 1 aromatic carbocycles. The second-order valence-corrected chi connectivity index (χ2v) is 4.84. The summed E-state index contributed by atoms with van der Waals surface area (Å²) in [5.74, 6) is 0.645. The molecule has 1 atom stereocenters. The van der Waals surface area contributed by atoms with E-state index in [1.807, 2.05) is 0 Å². The molecule has 2 nitrogen and oxygen atoms in total. The van der Waals surface area contributed by atoms with Crippen LogP contribution in [0.3, 0.4) is 0 Å². The first-order valence-electron chi connectivity index (χ1n) is 6.23. The van der Waals surface area contributed by atoms with Crippen molar-refractivity contribution >= 4 is 5.69 Å². The molecule has 0 bridgehead atoms. The molecule has 16 heavy (non-hydrogen) atoms. The van der Waals surface area contributed by atoms with Gasteiger partial charge in [0.25, 0.3) is 0 Å². The fourth-order valence-electron chi connectivity index (χ4n) is 2.54. The van der Waals surface area contributed by atoms with E-state index in [0.717, 1.165) is 5.69 Å². The highest BCUT2D eigenvalue weighted by atomic mass is 16.3. The third-order valence-corrected chi connectivity index (χ3v) is 3.57. The number of aliphatic hydroxyl groups excluding tert-OH is 1. The lowest BCUT2D eigenvalue weighted by molar-refractivity contribution is 0.238. The molecule has 1 aromatic rings. The Morgan fingerprint density at radius 1 is 1.25 bits per heavy atom. The van der Waals surface area contributed by atoms with Crippen LogP contribution in [0.1, 0.15) is 31.2 Å². The minimum absolute atomic E-state index is 0.227. The van der Waals surface area contributed by atoms with Crippen LogP contribution in [0.25, 0.3) is 0 Å². The largest absolute Gasteiger partial charge is 0.394 e. The van der Waals surface area contributed by atoms with E-state index >= 15 is 0 Å². The van der Waals surface area contributed by atoms with Gasteiger partial charge in [-0.05, 0) is 37.8 Å². The summed E-state index contributed by atoms with van der Waals surface area (Å²) in [7, 11) is 0. The number of benzene rings is 1. The first-order chi connectivity index (χ1) is 7.79. The van der Waals surface area contributed by atoms with Gasteiger partial charge in [-0.3, -0.25) is 0 Å². The minimum atomic E-state index is 0.227. The average molecular weight is 219 g/mol. The number of aryl methyl sites for hydroxylation is 1. The molecule has 1 unspecified atom stereocenters. The Balaban J connectivity index is 1.97. The van der Waals surface area contributed by atoms with E-state index in [-0.39, 0.29) is 12.6 Å². The lowest BCUT2D eigenvalue weighted by Gasteiger charge is -2.23. The monoisotopic (exact) mass is 219 g/mol. The maximum atomic E-state index is 9.44. The van der Waals surface area contributed by atoms with Crippen molar-refractivity contribution in [2.75, 3.05) is 11.9 Å². The second kappa shape index (κ2) is 5.35. The smallest absolute Gasteiger partial charge is 0.0635 e. The molecule has 2 rings (SSSR count). The molecule has 1 aliphatic rings. The maximum absolute atomic E-state index is 9.44. The Labute approximate surface area is 97.7 Å². The normalized spacial score (nSPS) is 18.6. The van der Waals surface area contributed by atoms with Crippen LogP contribution in [0.15, 0.2) is 24.3 Å². The van der Waals surface area contributed by atoms with Gasteiger partial charge < -0.3 is 10.4 Å². The summed E-state index contributed by atoms with van der Waals surface area (Å²) in [5, 5.41) is 12.9. The van der Waals surface area contributed by atoms with E-state index in [4.69, 9.17) is 0 Å². The molecule has 2 heteroatoms. The van der Waals surface area contributed by atoms with Gasteiger partial charge in [-0.2, -0.15) is 0 Å². The first kappa shape index (κ1) is 11.5. The first-order valence-corrected chi connectivity index (χ1v) is 6.23. The number of anilines is 1. The Kier molecular flexibility index (Phi) is 3.83. The molecule has 0 spiro atoms. The third kappa shape index (κ3) is 2.76. The van der Waals surface area contributed by atoms with Gasteiger partial charge in [-0.25, -0.2) is 0 Å². The topological polar surface area (TPSA) is 32.3 Å². The van der Waals surface area contributed by atoms with E-state index in [1.54, 1.807) is 0 Å². The zero-order valence-electron chi connectivity index (χ0n) is 9.95. The SMILES string of the molecule is Cc1ccc(NC(CO)C2CCCC2)cc1. The van der Waals surface area contributed by atoms with Gasteiger partial charge in [0.05, 0.1) is 12.6 Å². The van der Waals surface area contributed by atoms with Crippen molar-refractivity contribution in [1.29, 1.82) is 0 Å². The van der Waals surface area contributed by atoms with Gasteiger partial charge in [0, 0.05) is 5.69 Å². The zero-order chi connectivity index (χ0) is 11.4. The Morgan fingerprint density at radius 3 is 2.44 bits per heavy atom. The molecule has 0 amide bonds. The Bertz CT molecular complexity index is 314. The highest BCUT2D eigenvalue weighted by molar-refractivity contribution is 5.45. The van der Waals surface area contributed by atoms with Gasteiger partial charge >= 0.3 is 0 Å². The number of hydrogen-bond donors (Lipinski definition) is 2. The molecule has 2 N–H and O–H groups in total. The van der Waals surface area contributed by atoms with E-state index in [1.165, 1.54) is 31.2 Å². The van der Waals surface area contributed by atoms with Crippen molar-refractivity contribution in [3.05, 3.63) is 29.8 Å². The van der Waals surface area contributed by atoms with Gasteiger partial charge in [-0.15, -0.1) is 0 Å². The highest BCUT2D eigenvalue weighted by Gasteiger charge is 2.24. The molecule has 1 saturated carbocycles. The number of rotatable bonds is 4. The molecule has 0 saturated heterocycles. The summed E-state index contributed by atoms with van der Waals surface area (Å²) >= 11 is 0. The van der Waals surface area contributed by atoms with Gasteiger partial charge in [-0.1, -0.05) is 30.5 Å². The van der Waals surface area contributed by atoms with Crippen molar-refractivity contribution in [3.63, 3.8) is 0 Å². The van der Waals surface area contributed by atoms with Crippen LogP contribution in [0.2, 0.25) is 0 Å². The molecule has 0 aliphatic heterocycles. The summed E-state index contributed by atoms with van der Waals surface area (Å²) in [6.07, 6.45) is 5.14. The molecule has 0 aromatic heterocycles. The van der Waals surface area contributed by atoms with Crippen molar-refractivity contribution < 1.29 is 5.11 Å². The van der Waals surface area contributed by atoms with E-state index in [9.17, 15) is 5.11 Å². The minimum Gasteiger partial charge on any atom is -0.394 e. The van der Waals surface area contributed by atoms with Gasteiger partial charge in [0.2, 0.25) is 0 Å². The number of nitrogens with one attached hydrogen (secondary N) is 1. The number of hydrogen-bond acceptors (Lipinski definition) is 2. The molecule has 1 fully saturated rings. The highest BCUT2D eigenvalue weighted by Crippen LogP contribution is 2.29. The van der Waals surface area contributed by atoms with Crippen LogP contribution in [0.5, 0.6) is 0 Å². The standard InChI is InChI=1S/C14H21NO/c1-11-6-8-13(9-7-11)15-14(10-16)12-4-2-3-5-12/h6-9,12,14-16H,2-5,10H2,1H3. The van der Waals surface area contributed by atoms with Gasteiger partial charge in [0.15, 0.2) is 0 Å². The summed E-state index contributed by atoms with van der Waals surface area (Å²) in [6, 6.07) is 8.61. The summed E-state index contributed by atoms with van der Waals surface area (Å²) in [5.41, 5.74) is 2.39. The Hall–Kier alpha value is -1.02. The second-order valence-electron chi connectivity index (χ2n) is 4.84. The van der Waals surface area contributed by atoms with Crippen LogP contribution in [0.4, 0.5) is 5.69 Å².